The zero-order valence-electron chi connectivity index (χ0n) is 14.7. The van der Waals surface area contributed by atoms with Crippen molar-refractivity contribution in [2.24, 2.45) is 0 Å². The molecule has 28 heavy (non-hydrogen) atoms. The van der Waals surface area contributed by atoms with Gasteiger partial charge in [-0.1, -0.05) is 12.1 Å². The number of nitrogens with one attached hydrogen (secondary N) is 1. The van der Waals surface area contributed by atoms with Gasteiger partial charge in [0.25, 0.3) is 5.91 Å². The summed E-state index contributed by atoms with van der Waals surface area (Å²) in [5.41, 5.74) is 1.35. The van der Waals surface area contributed by atoms with Gasteiger partial charge in [-0.3, -0.25) is 10.1 Å². The maximum Gasteiger partial charge on any atom is 0.258 e. The molecule has 0 fully saturated rings. The molecule has 0 radical (unpaired) electrons. The number of anilines is 1. The van der Waals surface area contributed by atoms with Crippen LogP contribution in [0.15, 0.2) is 60.7 Å². The number of carbonyl (C=O) groups excluding carboxylic acids is 1. The van der Waals surface area contributed by atoms with Crippen molar-refractivity contribution in [1.82, 2.24) is 14.6 Å². The van der Waals surface area contributed by atoms with Gasteiger partial charge >= 0.3 is 0 Å². The summed E-state index contributed by atoms with van der Waals surface area (Å²) < 4.78 is 34.0. The topological polar surface area (TPSA) is 68.5 Å². The fraction of sp³-hybridized carbons (Fsp3) is 0.0500. The van der Waals surface area contributed by atoms with Gasteiger partial charge in [-0.05, 0) is 48.5 Å². The summed E-state index contributed by atoms with van der Waals surface area (Å²) in [6.07, 6.45) is 0. The molecule has 0 aliphatic rings. The largest absolute Gasteiger partial charge is 0.493 e. The van der Waals surface area contributed by atoms with E-state index in [-0.39, 0.29) is 11.5 Å². The lowest BCUT2D eigenvalue weighted by atomic mass is 10.1. The predicted octanol–water partition coefficient (Wildman–Crippen LogP) is 3.94. The van der Waals surface area contributed by atoms with E-state index in [9.17, 15) is 13.6 Å². The highest BCUT2D eigenvalue weighted by molar-refractivity contribution is 6.03. The Kier molecular flexibility index (Phi) is 4.44. The second kappa shape index (κ2) is 7.07. The predicted molar refractivity (Wildman–Crippen MR) is 99.3 cm³/mol. The Bertz CT molecular complexity index is 1170. The molecule has 1 N–H and O–H groups in total. The first-order valence-corrected chi connectivity index (χ1v) is 8.32. The molecular weight excluding hydrogens is 366 g/mol. The van der Waals surface area contributed by atoms with Gasteiger partial charge in [-0.25, -0.2) is 13.3 Å². The monoisotopic (exact) mass is 380 g/mol. The average molecular weight is 380 g/mol. The third-order valence-electron chi connectivity index (χ3n) is 4.15. The molecule has 2 heterocycles. The lowest BCUT2D eigenvalue weighted by Gasteiger charge is -2.07. The first kappa shape index (κ1) is 17.6. The Morgan fingerprint density at radius 2 is 1.79 bits per heavy atom. The number of hydrogen-bond donors (Lipinski definition) is 1. The highest BCUT2D eigenvalue weighted by Crippen LogP contribution is 2.28. The summed E-state index contributed by atoms with van der Waals surface area (Å²) in [6, 6.07) is 14.7. The number of hydrogen-bond acceptors (Lipinski definition) is 4. The van der Waals surface area contributed by atoms with Crippen LogP contribution in [0, 0.1) is 11.6 Å². The van der Waals surface area contributed by atoms with Crippen molar-refractivity contribution >= 4 is 17.5 Å². The van der Waals surface area contributed by atoms with Crippen LogP contribution in [0.4, 0.5) is 14.7 Å². The van der Waals surface area contributed by atoms with Gasteiger partial charge in [0.2, 0.25) is 5.95 Å². The van der Waals surface area contributed by atoms with E-state index in [1.54, 1.807) is 30.3 Å². The Balaban J connectivity index is 1.77. The SMILES string of the molecule is COc1ccc(-c2ccccc2F)n2nc(NC(=O)c3ccc(F)cc3)nc12. The number of nitrogens with zero attached hydrogens (tertiary/aromatic N) is 3. The quantitative estimate of drug-likeness (QED) is 0.582. The van der Waals surface area contributed by atoms with Crippen molar-refractivity contribution in [3.05, 3.63) is 77.9 Å². The first-order chi connectivity index (χ1) is 13.6. The van der Waals surface area contributed by atoms with Crippen molar-refractivity contribution in [3.8, 4) is 17.0 Å². The smallest absolute Gasteiger partial charge is 0.258 e. The second-order valence-electron chi connectivity index (χ2n) is 5.90. The van der Waals surface area contributed by atoms with Crippen molar-refractivity contribution in [2.75, 3.05) is 12.4 Å². The van der Waals surface area contributed by atoms with Gasteiger partial charge in [-0.2, -0.15) is 4.98 Å². The Morgan fingerprint density at radius 1 is 1.04 bits per heavy atom. The van der Waals surface area contributed by atoms with Gasteiger partial charge < -0.3 is 4.74 Å². The van der Waals surface area contributed by atoms with E-state index in [2.05, 4.69) is 15.4 Å². The summed E-state index contributed by atoms with van der Waals surface area (Å²) >= 11 is 0. The molecule has 4 rings (SSSR count). The fourth-order valence-corrected chi connectivity index (χ4v) is 2.80. The van der Waals surface area contributed by atoms with Crippen molar-refractivity contribution in [1.29, 1.82) is 0 Å². The zero-order chi connectivity index (χ0) is 19.7. The zero-order valence-corrected chi connectivity index (χ0v) is 14.7. The first-order valence-electron chi connectivity index (χ1n) is 8.32. The molecular formula is C20H14F2N4O2. The molecule has 6 nitrogen and oxygen atoms in total. The van der Waals surface area contributed by atoms with Gasteiger partial charge in [0.15, 0.2) is 11.4 Å². The Labute approximate surface area is 158 Å². The van der Waals surface area contributed by atoms with E-state index >= 15 is 0 Å². The lowest BCUT2D eigenvalue weighted by molar-refractivity contribution is 0.102. The van der Waals surface area contributed by atoms with Crippen LogP contribution >= 0.6 is 0 Å². The van der Waals surface area contributed by atoms with Gasteiger partial charge in [-0.15, -0.1) is 5.10 Å². The number of benzene rings is 2. The molecule has 0 unspecified atom stereocenters. The number of methoxy groups -OCH3 is 1. The number of ether oxygens (including phenoxy) is 1. The Morgan fingerprint density at radius 3 is 2.50 bits per heavy atom. The third-order valence-corrected chi connectivity index (χ3v) is 4.15. The molecule has 0 saturated heterocycles. The van der Waals surface area contributed by atoms with Crippen LogP contribution in [-0.2, 0) is 0 Å². The molecule has 0 aliphatic heterocycles. The summed E-state index contributed by atoms with van der Waals surface area (Å²) in [7, 11) is 1.48. The van der Waals surface area contributed by atoms with Crippen molar-refractivity contribution in [2.45, 2.75) is 0 Å². The normalized spacial score (nSPS) is 10.8. The van der Waals surface area contributed by atoms with E-state index in [1.165, 1.54) is 42.0 Å². The molecule has 0 saturated carbocycles. The molecule has 0 spiro atoms. The highest BCUT2D eigenvalue weighted by atomic mass is 19.1. The van der Waals surface area contributed by atoms with Crippen LogP contribution in [-0.4, -0.2) is 27.6 Å². The number of carbonyl (C=O) groups is 1. The standard InChI is InChI=1S/C20H14F2N4O2/c1-28-17-11-10-16(14-4-2-3-5-15(14)22)26-18(17)23-20(25-26)24-19(27)12-6-8-13(21)9-7-12/h2-11H,1H3,(H,24,25,27). The molecule has 0 aliphatic carbocycles. The second-order valence-corrected chi connectivity index (χ2v) is 5.90. The summed E-state index contributed by atoms with van der Waals surface area (Å²) in [5.74, 6) is -0.934. The van der Waals surface area contributed by atoms with Gasteiger partial charge in [0.1, 0.15) is 11.6 Å². The molecule has 2 aromatic carbocycles. The molecule has 4 aromatic rings. The number of halogens is 2. The van der Waals surface area contributed by atoms with E-state index in [0.717, 1.165) is 0 Å². The summed E-state index contributed by atoms with van der Waals surface area (Å²) in [4.78, 5) is 16.6. The number of pyridine rings is 1. The van der Waals surface area contributed by atoms with Crippen LogP contribution in [0.5, 0.6) is 5.75 Å². The number of fused-ring (bicyclic) bond motifs is 1. The van der Waals surface area contributed by atoms with Crippen molar-refractivity contribution < 1.29 is 18.3 Å². The van der Waals surface area contributed by atoms with E-state index in [1.807, 2.05) is 0 Å². The van der Waals surface area contributed by atoms with Crippen LogP contribution in [0.2, 0.25) is 0 Å². The van der Waals surface area contributed by atoms with Gasteiger partial charge in [0.05, 0.1) is 12.8 Å². The third kappa shape index (κ3) is 3.16. The van der Waals surface area contributed by atoms with Crippen LogP contribution in [0.25, 0.3) is 16.9 Å². The molecule has 1 amide bonds. The molecule has 0 atom stereocenters. The molecule has 8 heteroatoms. The molecule has 140 valence electrons. The van der Waals surface area contributed by atoms with Crippen LogP contribution < -0.4 is 10.1 Å². The van der Waals surface area contributed by atoms with E-state index < -0.39 is 17.5 Å². The number of rotatable bonds is 4. The van der Waals surface area contributed by atoms with Crippen LogP contribution in [0.1, 0.15) is 10.4 Å². The Hall–Kier alpha value is -3.81. The minimum absolute atomic E-state index is 0.0106. The summed E-state index contributed by atoms with van der Waals surface area (Å²) in [5, 5.41) is 6.83. The number of aromatic nitrogens is 3. The highest BCUT2D eigenvalue weighted by Gasteiger charge is 2.17. The minimum atomic E-state index is -0.498. The van der Waals surface area contributed by atoms with Crippen LogP contribution in [0.3, 0.4) is 0 Å². The maximum absolute atomic E-state index is 14.3. The molecule has 0 bridgehead atoms. The molecule has 2 aromatic heterocycles. The van der Waals surface area contributed by atoms with Crippen molar-refractivity contribution in [3.63, 3.8) is 0 Å². The van der Waals surface area contributed by atoms with E-state index in [4.69, 9.17) is 4.74 Å². The maximum atomic E-state index is 14.3. The van der Waals surface area contributed by atoms with Gasteiger partial charge in [0, 0.05) is 11.1 Å². The average Bonchev–Trinajstić information content (AvgIpc) is 3.12. The number of amides is 1. The summed E-state index contributed by atoms with van der Waals surface area (Å²) in [6.45, 7) is 0. The minimum Gasteiger partial charge on any atom is -0.493 e. The fourth-order valence-electron chi connectivity index (χ4n) is 2.80. The van der Waals surface area contributed by atoms with E-state index in [0.29, 0.717) is 22.7 Å². The lowest BCUT2D eigenvalue weighted by Crippen LogP contribution is -2.13.